The highest BCUT2D eigenvalue weighted by atomic mass is 28.4. The lowest BCUT2D eigenvalue weighted by molar-refractivity contribution is 0.140. The van der Waals surface area contributed by atoms with Gasteiger partial charge >= 0.3 is 8.80 Å². The molecule has 6 heteroatoms. The molecule has 0 saturated heterocycles. The minimum absolute atomic E-state index is 0.903. The van der Waals surface area contributed by atoms with Crippen LogP contribution in [0.3, 0.4) is 0 Å². The van der Waals surface area contributed by atoms with E-state index in [1.165, 1.54) is 0 Å². The number of hydrogen-bond donors (Lipinski definition) is 0. The van der Waals surface area contributed by atoms with E-state index in [1.807, 2.05) is 30.3 Å². The second-order valence-corrected chi connectivity index (χ2v) is 11.8. The molecule has 0 aliphatic carbocycles. The van der Waals surface area contributed by atoms with Gasteiger partial charge in [0.15, 0.2) is 0 Å². The minimum atomic E-state index is -2.93. The molecule has 0 N–H and O–H groups in total. The highest BCUT2D eigenvalue weighted by Gasteiger charge is 2.40. The topological polar surface area (TPSA) is 34.2 Å². The van der Waals surface area contributed by atoms with E-state index < -0.39 is 8.80 Å². The van der Waals surface area contributed by atoms with E-state index >= 15 is 0 Å². The van der Waals surface area contributed by atoms with Crippen LogP contribution in [0.25, 0.3) is 0 Å². The molecule has 0 fully saturated rings. The predicted octanol–water partition coefficient (Wildman–Crippen LogP) is 7.71. The Hall–Kier alpha value is -4.20. The molecular formula is C33H32N2O3Si. The van der Waals surface area contributed by atoms with Gasteiger partial charge in [-0.15, -0.1) is 0 Å². The van der Waals surface area contributed by atoms with Gasteiger partial charge in [-0.05, 0) is 66.7 Å². The highest BCUT2D eigenvalue weighted by Crippen LogP contribution is 2.39. The van der Waals surface area contributed by atoms with Crippen LogP contribution in [-0.4, -0.2) is 30.1 Å². The normalized spacial score (nSPS) is 11.3. The first-order valence-electron chi connectivity index (χ1n) is 12.8. The van der Waals surface area contributed by atoms with Crippen molar-refractivity contribution < 1.29 is 13.3 Å². The van der Waals surface area contributed by atoms with Crippen molar-refractivity contribution in [3.05, 3.63) is 140 Å². The zero-order valence-electron chi connectivity index (χ0n) is 22.4. The molecule has 0 unspecified atom stereocenters. The first-order valence-corrected chi connectivity index (χ1v) is 14.5. The number of rotatable bonds is 10. The fourth-order valence-corrected chi connectivity index (χ4v) is 6.60. The number of hydrogen-bond acceptors (Lipinski definition) is 5. The average Bonchev–Trinajstić information content (AvgIpc) is 3.01. The van der Waals surface area contributed by atoms with Crippen LogP contribution in [0.2, 0.25) is 0 Å². The van der Waals surface area contributed by atoms with Gasteiger partial charge in [-0.1, -0.05) is 72.8 Å². The van der Waals surface area contributed by atoms with Crippen LogP contribution >= 0.6 is 0 Å². The highest BCUT2D eigenvalue weighted by molar-refractivity contribution is 6.75. The number of para-hydroxylation sites is 3. The van der Waals surface area contributed by atoms with Crippen molar-refractivity contribution in [2.24, 2.45) is 0 Å². The SMILES string of the molecule is CO[Si](OC)(OC)c1ccc(N(c2ccccc2)c2cccc(N(c3ccccc3)c3ccccc3)c2)cc1. The molecule has 0 radical (unpaired) electrons. The van der Waals surface area contributed by atoms with Gasteiger partial charge in [0.05, 0.1) is 0 Å². The van der Waals surface area contributed by atoms with E-state index in [-0.39, 0.29) is 0 Å². The molecule has 0 aliphatic heterocycles. The first-order chi connectivity index (χ1) is 19.2. The Morgan fingerprint density at radius 2 is 0.718 bits per heavy atom. The van der Waals surface area contributed by atoms with Crippen LogP contribution in [0.4, 0.5) is 34.1 Å². The molecule has 5 aromatic carbocycles. The van der Waals surface area contributed by atoms with E-state index in [0.717, 1.165) is 39.3 Å². The lowest BCUT2D eigenvalue weighted by atomic mass is 10.1. The van der Waals surface area contributed by atoms with Crippen LogP contribution in [0.1, 0.15) is 0 Å². The molecule has 5 aromatic rings. The molecule has 0 aromatic heterocycles. The second kappa shape index (κ2) is 12.1. The van der Waals surface area contributed by atoms with Crippen LogP contribution in [0.5, 0.6) is 0 Å². The van der Waals surface area contributed by atoms with Crippen molar-refractivity contribution in [1.29, 1.82) is 0 Å². The fourth-order valence-electron chi connectivity index (χ4n) is 4.82. The summed E-state index contributed by atoms with van der Waals surface area (Å²) in [4.78, 5) is 4.52. The number of nitrogens with zero attached hydrogens (tertiary/aromatic N) is 2. The molecule has 0 amide bonds. The maximum absolute atomic E-state index is 5.69. The van der Waals surface area contributed by atoms with Crippen molar-refractivity contribution in [3.63, 3.8) is 0 Å². The maximum Gasteiger partial charge on any atom is 0.536 e. The summed E-state index contributed by atoms with van der Waals surface area (Å²) < 4.78 is 17.1. The lowest BCUT2D eigenvalue weighted by Crippen LogP contribution is -2.54. The summed E-state index contributed by atoms with van der Waals surface area (Å²) in [6, 6.07) is 48.1. The molecule has 0 spiro atoms. The summed E-state index contributed by atoms with van der Waals surface area (Å²) in [6.45, 7) is 0. The van der Waals surface area contributed by atoms with E-state index in [9.17, 15) is 0 Å². The molecule has 0 atom stereocenters. The molecule has 0 aliphatic rings. The van der Waals surface area contributed by atoms with E-state index in [0.29, 0.717) is 0 Å². The molecule has 5 nitrogen and oxygen atoms in total. The summed E-state index contributed by atoms with van der Waals surface area (Å²) in [6.07, 6.45) is 0. The minimum Gasteiger partial charge on any atom is -0.373 e. The largest absolute Gasteiger partial charge is 0.536 e. The van der Waals surface area contributed by atoms with Crippen molar-refractivity contribution in [2.75, 3.05) is 31.1 Å². The number of benzene rings is 5. The summed E-state index contributed by atoms with van der Waals surface area (Å²) in [5.74, 6) is 0. The third-order valence-electron chi connectivity index (χ3n) is 6.67. The van der Waals surface area contributed by atoms with Crippen molar-refractivity contribution in [2.45, 2.75) is 0 Å². The van der Waals surface area contributed by atoms with Gasteiger partial charge in [0.2, 0.25) is 0 Å². The maximum atomic E-state index is 5.69. The Kier molecular flexibility index (Phi) is 8.20. The predicted molar refractivity (Wildman–Crippen MR) is 162 cm³/mol. The molecule has 5 rings (SSSR count). The van der Waals surface area contributed by atoms with E-state index in [2.05, 4.69) is 119 Å². The molecule has 196 valence electrons. The van der Waals surface area contributed by atoms with Gasteiger partial charge in [-0.2, -0.15) is 0 Å². The number of anilines is 6. The van der Waals surface area contributed by atoms with Gasteiger partial charge in [0.25, 0.3) is 0 Å². The average molecular weight is 533 g/mol. The Labute approximate surface area is 231 Å². The van der Waals surface area contributed by atoms with Gasteiger partial charge in [-0.25, -0.2) is 0 Å². The molecular weight excluding hydrogens is 500 g/mol. The second-order valence-electron chi connectivity index (χ2n) is 8.91. The Balaban J connectivity index is 1.61. The van der Waals surface area contributed by atoms with Gasteiger partial charge in [0, 0.05) is 60.6 Å². The Morgan fingerprint density at radius 1 is 0.385 bits per heavy atom. The van der Waals surface area contributed by atoms with Crippen LogP contribution in [-0.2, 0) is 13.3 Å². The van der Waals surface area contributed by atoms with Gasteiger partial charge in [0.1, 0.15) is 0 Å². The smallest absolute Gasteiger partial charge is 0.373 e. The Morgan fingerprint density at radius 3 is 1.08 bits per heavy atom. The fraction of sp³-hybridized carbons (Fsp3) is 0.0909. The molecule has 0 heterocycles. The van der Waals surface area contributed by atoms with E-state index in [4.69, 9.17) is 13.3 Å². The van der Waals surface area contributed by atoms with Crippen molar-refractivity contribution in [3.8, 4) is 0 Å². The lowest BCUT2D eigenvalue weighted by Gasteiger charge is -2.30. The zero-order chi connectivity index (χ0) is 27.1. The third-order valence-corrected chi connectivity index (χ3v) is 9.33. The summed E-state index contributed by atoms with van der Waals surface area (Å²) in [7, 11) is 1.94. The monoisotopic (exact) mass is 532 g/mol. The van der Waals surface area contributed by atoms with Crippen LogP contribution in [0.15, 0.2) is 140 Å². The van der Waals surface area contributed by atoms with Crippen LogP contribution < -0.4 is 15.0 Å². The molecule has 0 bridgehead atoms. The standard InChI is InChI=1S/C33H32N2O3Si/c1-36-39(37-2,38-3)33-24-22-30(23-25-33)35(29-18-11-6-12-19-29)32-21-13-20-31(26-32)34(27-14-7-4-8-15-27)28-16-9-5-10-17-28/h4-26H,1-3H3. The molecule has 0 saturated carbocycles. The van der Waals surface area contributed by atoms with Crippen molar-refractivity contribution >= 4 is 48.1 Å². The van der Waals surface area contributed by atoms with Crippen molar-refractivity contribution in [1.82, 2.24) is 0 Å². The van der Waals surface area contributed by atoms with Crippen LogP contribution in [0, 0.1) is 0 Å². The Bertz CT molecular complexity index is 1410. The molecule has 39 heavy (non-hydrogen) atoms. The van der Waals surface area contributed by atoms with E-state index in [1.54, 1.807) is 21.3 Å². The van der Waals surface area contributed by atoms with Gasteiger partial charge < -0.3 is 23.1 Å². The zero-order valence-corrected chi connectivity index (χ0v) is 23.4. The van der Waals surface area contributed by atoms with Gasteiger partial charge in [-0.3, -0.25) is 0 Å². The quantitative estimate of drug-likeness (QED) is 0.172. The third kappa shape index (κ3) is 5.50. The first kappa shape index (κ1) is 26.4. The summed E-state index contributed by atoms with van der Waals surface area (Å²) in [5, 5.41) is 0.903. The summed E-state index contributed by atoms with van der Waals surface area (Å²) >= 11 is 0. The summed E-state index contributed by atoms with van der Waals surface area (Å²) in [5.41, 5.74) is 6.36.